The summed E-state index contributed by atoms with van der Waals surface area (Å²) in [4.78, 5) is 0. The molecule has 0 saturated carbocycles. The van der Waals surface area contributed by atoms with Crippen molar-refractivity contribution in [3.63, 3.8) is 0 Å². The monoisotopic (exact) mass is 276 g/mol. The van der Waals surface area contributed by atoms with E-state index in [2.05, 4.69) is 54.6 Å². The van der Waals surface area contributed by atoms with Crippen molar-refractivity contribution in [3.05, 3.63) is 27.3 Å². The molecule has 0 atom stereocenters. The van der Waals surface area contributed by atoms with E-state index in [-0.39, 0.29) is 0 Å². The minimum absolute atomic E-state index is 0.566. The van der Waals surface area contributed by atoms with E-state index in [1.165, 1.54) is 9.13 Å². The molecule has 0 spiro atoms. The lowest BCUT2D eigenvalue weighted by Crippen LogP contribution is -1.91. The van der Waals surface area contributed by atoms with Gasteiger partial charge in [0.15, 0.2) is 0 Å². The van der Waals surface area contributed by atoms with Crippen molar-refractivity contribution in [2.75, 3.05) is 7.11 Å². The fraction of sp³-hybridized carbons (Fsp3) is 0.400. The summed E-state index contributed by atoms with van der Waals surface area (Å²) in [5.74, 6) is 1.54. The van der Waals surface area contributed by atoms with E-state index in [0.717, 1.165) is 5.75 Å². The van der Waals surface area contributed by atoms with Gasteiger partial charge in [0.25, 0.3) is 0 Å². The molecule has 2 heteroatoms. The highest BCUT2D eigenvalue weighted by atomic mass is 127. The number of methoxy groups -OCH3 is 1. The predicted molar refractivity (Wildman–Crippen MR) is 59.8 cm³/mol. The van der Waals surface area contributed by atoms with Gasteiger partial charge in [-0.15, -0.1) is 0 Å². The lowest BCUT2D eigenvalue weighted by atomic mass is 10.0. The van der Waals surface area contributed by atoms with Crippen LogP contribution < -0.4 is 4.74 Å². The van der Waals surface area contributed by atoms with Crippen molar-refractivity contribution in [2.24, 2.45) is 0 Å². The highest BCUT2D eigenvalue weighted by Gasteiger charge is 2.03. The fourth-order valence-electron chi connectivity index (χ4n) is 1.04. The Kier molecular flexibility index (Phi) is 3.38. The molecule has 0 aromatic heterocycles. The first-order chi connectivity index (χ1) is 5.65. The van der Waals surface area contributed by atoms with Gasteiger partial charge < -0.3 is 4.74 Å². The maximum Gasteiger partial charge on any atom is 0.132 e. The molecule has 1 nitrogen and oxygen atoms in total. The zero-order valence-electron chi connectivity index (χ0n) is 7.60. The van der Waals surface area contributed by atoms with Crippen LogP contribution in [0.5, 0.6) is 5.75 Å². The van der Waals surface area contributed by atoms with Crippen molar-refractivity contribution in [2.45, 2.75) is 19.8 Å². The molecule has 1 aromatic rings. The van der Waals surface area contributed by atoms with Crippen LogP contribution in [0.2, 0.25) is 0 Å². The largest absolute Gasteiger partial charge is 0.496 e. The summed E-state index contributed by atoms with van der Waals surface area (Å²) in [6.07, 6.45) is 0. The zero-order valence-corrected chi connectivity index (χ0v) is 9.75. The molecule has 0 aliphatic carbocycles. The summed E-state index contributed by atoms with van der Waals surface area (Å²) < 4.78 is 6.39. The van der Waals surface area contributed by atoms with Crippen LogP contribution in [0, 0.1) is 3.57 Å². The van der Waals surface area contributed by atoms with Crippen LogP contribution >= 0.6 is 22.6 Å². The Bertz CT molecular complexity index is 269. The lowest BCUT2D eigenvalue weighted by Gasteiger charge is -2.08. The summed E-state index contributed by atoms with van der Waals surface area (Å²) >= 11 is 2.28. The van der Waals surface area contributed by atoms with Gasteiger partial charge >= 0.3 is 0 Å². The molecule has 0 radical (unpaired) electrons. The standard InChI is InChI=1S/C10H13IO/c1-7(2)8-4-5-9(11)10(6-8)12-3/h4-7H,1-3H3. The summed E-state index contributed by atoms with van der Waals surface area (Å²) in [7, 11) is 1.71. The average molecular weight is 276 g/mol. The minimum atomic E-state index is 0.566. The topological polar surface area (TPSA) is 9.23 Å². The van der Waals surface area contributed by atoms with Crippen molar-refractivity contribution >= 4 is 22.6 Å². The molecule has 0 aliphatic heterocycles. The van der Waals surface area contributed by atoms with Gasteiger partial charge in [-0.2, -0.15) is 0 Å². The molecule has 1 rings (SSSR count). The second-order valence-corrected chi connectivity index (χ2v) is 4.21. The predicted octanol–water partition coefficient (Wildman–Crippen LogP) is 3.42. The summed E-state index contributed by atoms with van der Waals surface area (Å²) in [6, 6.07) is 6.34. The van der Waals surface area contributed by atoms with Gasteiger partial charge in [-0.25, -0.2) is 0 Å². The zero-order chi connectivity index (χ0) is 9.14. The molecule has 1 aromatic carbocycles. The van der Waals surface area contributed by atoms with E-state index in [0.29, 0.717) is 5.92 Å². The molecule has 0 fully saturated rings. The van der Waals surface area contributed by atoms with Gasteiger partial charge in [0.05, 0.1) is 10.7 Å². The highest BCUT2D eigenvalue weighted by Crippen LogP contribution is 2.25. The normalized spacial score (nSPS) is 10.4. The van der Waals surface area contributed by atoms with Gasteiger partial charge in [0.1, 0.15) is 5.75 Å². The first-order valence-electron chi connectivity index (χ1n) is 3.98. The SMILES string of the molecule is COc1cc(C(C)C)ccc1I. The quantitative estimate of drug-likeness (QED) is 0.752. The lowest BCUT2D eigenvalue weighted by molar-refractivity contribution is 0.411. The van der Waals surface area contributed by atoms with Crippen LogP contribution in [0.1, 0.15) is 25.3 Å². The Balaban J connectivity index is 3.05. The van der Waals surface area contributed by atoms with Crippen molar-refractivity contribution in [3.8, 4) is 5.75 Å². The summed E-state index contributed by atoms with van der Waals surface area (Å²) in [5, 5.41) is 0. The van der Waals surface area contributed by atoms with E-state index in [1.54, 1.807) is 7.11 Å². The van der Waals surface area contributed by atoms with Crippen LogP contribution in [0.4, 0.5) is 0 Å². The molecule has 0 N–H and O–H groups in total. The van der Waals surface area contributed by atoms with Crippen molar-refractivity contribution in [1.29, 1.82) is 0 Å². The first kappa shape index (κ1) is 9.84. The maximum atomic E-state index is 5.23. The van der Waals surface area contributed by atoms with Gasteiger partial charge in [0, 0.05) is 0 Å². The van der Waals surface area contributed by atoms with E-state index in [1.807, 2.05) is 0 Å². The summed E-state index contributed by atoms with van der Waals surface area (Å²) in [6.45, 7) is 4.36. The van der Waals surface area contributed by atoms with Crippen molar-refractivity contribution in [1.82, 2.24) is 0 Å². The van der Waals surface area contributed by atoms with Crippen LogP contribution in [0.25, 0.3) is 0 Å². The van der Waals surface area contributed by atoms with E-state index < -0.39 is 0 Å². The second-order valence-electron chi connectivity index (χ2n) is 3.05. The number of halogens is 1. The van der Waals surface area contributed by atoms with Crippen molar-refractivity contribution < 1.29 is 4.74 Å². The third kappa shape index (κ3) is 2.12. The Labute approximate surface area is 87.3 Å². The fourth-order valence-corrected chi connectivity index (χ4v) is 1.59. The third-order valence-corrected chi connectivity index (χ3v) is 2.73. The van der Waals surface area contributed by atoms with Gasteiger partial charge in [-0.1, -0.05) is 19.9 Å². The number of hydrogen-bond acceptors (Lipinski definition) is 1. The number of benzene rings is 1. The Morgan fingerprint density at radius 2 is 2.00 bits per heavy atom. The Hall–Kier alpha value is -0.250. The molecule has 0 amide bonds. The van der Waals surface area contributed by atoms with E-state index in [9.17, 15) is 0 Å². The molecule has 12 heavy (non-hydrogen) atoms. The van der Waals surface area contributed by atoms with Gasteiger partial charge in [-0.05, 0) is 46.2 Å². The summed E-state index contributed by atoms with van der Waals surface area (Å²) in [5.41, 5.74) is 1.33. The second kappa shape index (κ2) is 4.12. The molecule has 66 valence electrons. The Morgan fingerprint density at radius 3 is 2.50 bits per heavy atom. The number of ether oxygens (including phenoxy) is 1. The first-order valence-corrected chi connectivity index (χ1v) is 5.06. The van der Waals surface area contributed by atoms with E-state index in [4.69, 9.17) is 4.74 Å². The minimum Gasteiger partial charge on any atom is -0.496 e. The van der Waals surface area contributed by atoms with Gasteiger partial charge in [0.2, 0.25) is 0 Å². The molecule has 0 saturated heterocycles. The average Bonchev–Trinajstić information content (AvgIpc) is 2.05. The highest BCUT2D eigenvalue weighted by molar-refractivity contribution is 14.1. The molecule has 0 bridgehead atoms. The molecule has 0 aliphatic rings. The van der Waals surface area contributed by atoms with E-state index >= 15 is 0 Å². The third-order valence-electron chi connectivity index (χ3n) is 1.84. The van der Waals surface area contributed by atoms with Crippen LogP contribution in [0.3, 0.4) is 0 Å². The van der Waals surface area contributed by atoms with Crippen LogP contribution in [-0.2, 0) is 0 Å². The molecular formula is C10H13IO. The maximum absolute atomic E-state index is 5.23. The van der Waals surface area contributed by atoms with Gasteiger partial charge in [-0.3, -0.25) is 0 Å². The molecular weight excluding hydrogens is 263 g/mol. The number of hydrogen-bond donors (Lipinski definition) is 0. The molecule has 0 heterocycles. The smallest absolute Gasteiger partial charge is 0.132 e. The van der Waals surface area contributed by atoms with Crippen LogP contribution in [-0.4, -0.2) is 7.11 Å². The number of rotatable bonds is 2. The molecule has 0 unspecified atom stereocenters. The Morgan fingerprint density at radius 1 is 1.33 bits per heavy atom. The van der Waals surface area contributed by atoms with Crippen LogP contribution in [0.15, 0.2) is 18.2 Å².